The van der Waals surface area contributed by atoms with Gasteiger partial charge >= 0.3 is 6.03 Å². The van der Waals surface area contributed by atoms with Crippen LogP contribution in [-0.4, -0.2) is 38.0 Å². The van der Waals surface area contributed by atoms with Crippen LogP contribution in [0.5, 0.6) is 5.75 Å². The molecule has 1 unspecified atom stereocenters. The van der Waals surface area contributed by atoms with Crippen LogP contribution in [0.1, 0.15) is 5.56 Å². The molecule has 2 rings (SSSR count). The molecule has 0 radical (unpaired) electrons. The van der Waals surface area contributed by atoms with Gasteiger partial charge in [0.15, 0.2) is 0 Å². The summed E-state index contributed by atoms with van der Waals surface area (Å²) in [5.41, 5.74) is 1.47. The molecule has 0 heterocycles. The van der Waals surface area contributed by atoms with Gasteiger partial charge in [-0.15, -0.1) is 0 Å². The quantitative estimate of drug-likeness (QED) is 0.787. The summed E-state index contributed by atoms with van der Waals surface area (Å²) in [7, 11) is 2.89. The lowest BCUT2D eigenvalue weighted by Crippen LogP contribution is -2.30. The molecule has 2 aromatic carbocycles. The van der Waals surface area contributed by atoms with Gasteiger partial charge in [0.2, 0.25) is 0 Å². The topological polar surface area (TPSA) is 50.8 Å². The average molecular weight is 332 g/mol. The number of ether oxygens (including phenoxy) is 1. The number of nitrogens with one attached hydrogen (secondary N) is 1. The van der Waals surface area contributed by atoms with E-state index in [1.807, 2.05) is 30.3 Å². The summed E-state index contributed by atoms with van der Waals surface area (Å²) in [6.45, 7) is -0.0513. The molecule has 2 aromatic rings. The maximum absolute atomic E-state index is 14.0. The van der Waals surface area contributed by atoms with Crippen molar-refractivity contribution in [1.82, 2.24) is 5.06 Å². The monoisotopic (exact) mass is 332 g/mol. The van der Waals surface area contributed by atoms with Crippen LogP contribution < -0.4 is 10.1 Å². The van der Waals surface area contributed by atoms with Gasteiger partial charge in [0.25, 0.3) is 0 Å². The van der Waals surface area contributed by atoms with Gasteiger partial charge in [-0.2, -0.15) is 0 Å². The molecule has 0 aliphatic carbocycles. The van der Waals surface area contributed by atoms with Crippen LogP contribution in [0.25, 0.3) is 0 Å². The summed E-state index contributed by atoms with van der Waals surface area (Å²) < 4.78 is 19.5. The Balaban J connectivity index is 1.86. The van der Waals surface area contributed by atoms with E-state index in [1.54, 1.807) is 24.3 Å². The molecule has 0 spiro atoms. The lowest BCUT2D eigenvalue weighted by molar-refractivity contribution is -0.0598. The number of hydroxylamine groups is 2. The molecule has 1 atom stereocenters. The number of alkyl halides is 1. The summed E-state index contributed by atoms with van der Waals surface area (Å²) in [6, 6.07) is 15.8. The Kier molecular flexibility index (Phi) is 6.57. The number of benzene rings is 2. The first-order valence-electron chi connectivity index (χ1n) is 7.58. The zero-order valence-corrected chi connectivity index (χ0v) is 13.7. The van der Waals surface area contributed by atoms with E-state index in [4.69, 9.17) is 9.57 Å². The van der Waals surface area contributed by atoms with Crippen molar-refractivity contribution in [1.29, 1.82) is 0 Å². The second-order valence-corrected chi connectivity index (χ2v) is 5.24. The molecule has 0 saturated heterocycles. The summed E-state index contributed by atoms with van der Waals surface area (Å²) in [5.74, 6) is 0.489. The largest absolute Gasteiger partial charge is 0.490 e. The Morgan fingerprint density at radius 1 is 1.21 bits per heavy atom. The zero-order chi connectivity index (χ0) is 17.4. The third-order valence-corrected chi connectivity index (χ3v) is 3.38. The van der Waals surface area contributed by atoms with Crippen molar-refractivity contribution < 1.29 is 18.8 Å². The predicted octanol–water partition coefficient (Wildman–Crippen LogP) is 3.67. The van der Waals surface area contributed by atoms with Crippen molar-refractivity contribution in [2.75, 3.05) is 26.1 Å². The number of rotatable bonds is 7. The second-order valence-electron chi connectivity index (χ2n) is 5.24. The number of urea groups is 1. The van der Waals surface area contributed by atoms with Crippen LogP contribution in [0.2, 0.25) is 0 Å². The standard InChI is InChI=1S/C18H21FN2O3/c1-21(23-2)18(22)20-16-9-6-10-17(12-16)24-13-15(19)11-14-7-4-3-5-8-14/h3-10,12,15H,11,13H2,1-2H3,(H,20,22). The van der Waals surface area contributed by atoms with Crippen molar-refractivity contribution in [3.05, 3.63) is 60.2 Å². The number of amides is 2. The summed E-state index contributed by atoms with van der Waals surface area (Å²) in [5, 5.41) is 3.71. The van der Waals surface area contributed by atoms with Gasteiger partial charge < -0.3 is 10.1 Å². The van der Waals surface area contributed by atoms with E-state index in [-0.39, 0.29) is 6.61 Å². The van der Waals surface area contributed by atoms with Crippen LogP contribution in [0.15, 0.2) is 54.6 Å². The highest BCUT2D eigenvalue weighted by Gasteiger charge is 2.10. The first-order chi connectivity index (χ1) is 11.6. The SMILES string of the molecule is CON(C)C(=O)Nc1cccc(OCC(F)Cc2ccccc2)c1. The van der Waals surface area contributed by atoms with Gasteiger partial charge in [-0.05, 0) is 17.7 Å². The molecule has 0 aromatic heterocycles. The van der Waals surface area contributed by atoms with Gasteiger partial charge in [-0.1, -0.05) is 36.4 Å². The minimum atomic E-state index is -1.11. The van der Waals surface area contributed by atoms with Gasteiger partial charge in [0.1, 0.15) is 18.5 Å². The molecule has 128 valence electrons. The fraction of sp³-hybridized carbons (Fsp3) is 0.278. The van der Waals surface area contributed by atoms with Crippen LogP contribution in [-0.2, 0) is 11.3 Å². The number of hydrogen-bond donors (Lipinski definition) is 1. The van der Waals surface area contributed by atoms with Crippen molar-refractivity contribution in [2.24, 2.45) is 0 Å². The summed E-state index contributed by atoms with van der Waals surface area (Å²) >= 11 is 0. The van der Waals surface area contributed by atoms with E-state index in [0.717, 1.165) is 10.6 Å². The Hall–Kier alpha value is -2.60. The fourth-order valence-corrected chi connectivity index (χ4v) is 2.06. The number of hydrogen-bond acceptors (Lipinski definition) is 3. The Labute approximate surface area is 140 Å². The number of halogens is 1. The van der Waals surface area contributed by atoms with Gasteiger partial charge in [-0.3, -0.25) is 4.84 Å². The van der Waals surface area contributed by atoms with Crippen molar-refractivity contribution in [3.63, 3.8) is 0 Å². The fourth-order valence-electron chi connectivity index (χ4n) is 2.06. The molecule has 24 heavy (non-hydrogen) atoms. The molecule has 0 bridgehead atoms. The van der Waals surface area contributed by atoms with Crippen molar-refractivity contribution in [2.45, 2.75) is 12.6 Å². The third kappa shape index (κ3) is 5.55. The van der Waals surface area contributed by atoms with Gasteiger partial charge in [0.05, 0.1) is 7.11 Å². The smallest absolute Gasteiger partial charge is 0.345 e. The highest BCUT2D eigenvalue weighted by Crippen LogP contribution is 2.18. The molecule has 0 saturated carbocycles. The number of anilines is 1. The Morgan fingerprint density at radius 2 is 1.96 bits per heavy atom. The third-order valence-electron chi connectivity index (χ3n) is 3.38. The summed E-state index contributed by atoms with van der Waals surface area (Å²) in [4.78, 5) is 16.5. The zero-order valence-electron chi connectivity index (χ0n) is 13.7. The van der Waals surface area contributed by atoms with E-state index < -0.39 is 12.2 Å². The molecule has 5 nitrogen and oxygen atoms in total. The van der Waals surface area contributed by atoms with Crippen molar-refractivity contribution >= 4 is 11.7 Å². The van der Waals surface area contributed by atoms with Crippen molar-refractivity contribution in [3.8, 4) is 5.75 Å². The predicted molar refractivity (Wildman–Crippen MR) is 90.8 cm³/mol. The highest BCUT2D eigenvalue weighted by atomic mass is 19.1. The maximum Gasteiger partial charge on any atom is 0.345 e. The summed E-state index contributed by atoms with van der Waals surface area (Å²) in [6.07, 6.45) is -0.805. The molecule has 2 amide bonds. The minimum absolute atomic E-state index is 0.0513. The lowest BCUT2D eigenvalue weighted by Gasteiger charge is -2.15. The number of nitrogens with zero attached hydrogens (tertiary/aromatic N) is 1. The average Bonchev–Trinajstić information content (AvgIpc) is 2.60. The van der Waals surface area contributed by atoms with E-state index >= 15 is 0 Å². The number of carbonyl (C=O) groups is 1. The maximum atomic E-state index is 14.0. The molecule has 1 N–H and O–H groups in total. The molecular weight excluding hydrogens is 311 g/mol. The molecule has 0 aliphatic rings. The van der Waals surface area contributed by atoms with Crippen LogP contribution >= 0.6 is 0 Å². The van der Waals surface area contributed by atoms with Crippen LogP contribution in [0.4, 0.5) is 14.9 Å². The van der Waals surface area contributed by atoms with Gasteiger partial charge in [-0.25, -0.2) is 14.2 Å². The minimum Gasteiger partial charge on any atom is -0.490 e. The number of carbonyl (C=O) groups excluding carboxylic acids is 1. The Morgan fingerprint density at radius 3 is 2.67 bits per heavy atom. The highest BCUT2D eigenvalue weighted by molar-refractivity contribution is 5.88. The van der Waals surface area contributed by atoms with E-state index in [0.29, 0.717) is 17.9 Å². The Bertz CT molecular complexity index is 652. The van der Waals surface area contributed by atoms with Gasteiger partial charge in [0, 0.05) is 25.2 Å². The second kappa shape index (κ2) is 8.88. The lowest BCUT2D eigenvalue weighted by atomic mass is 10.1. The molecule has 0 aliphatic heterocycles. The van der Waals surface area contributed by atoms with Crippen LogP contribution in [0, 0.1) is 0 Å². The molecular formula is C18H21FN2O3. The van der Waals surface area contributed by atoms with E-state index in [2.05, 4.69) is 5.32 Å². The van der Waals surface area contributed by atoms with E-state index in [1.165, 1.54) is 14.2 Å². The first kappa shape index (κ1) is 17.7. The van der Waals surface area contributed by atoms with Crippen LogP contribution in [0.3, 0.4) is 0 Å². The first-order valence-corrected chi connectivity index (χ1v) is 7.58. The van der Waals surface area contributed by atoms with E-state index in [9.17, 15) is 9.18 Å². The normalized spacial score (nSPS) is 11.6. The molecule has 0 fully saturated rings. The molecule has 6 heteroatoms.